The molecule has 1 aromatic heterocycles. The van der Waals surface area contributed by atoms with E-state index in [4.69, 9.17) is 0 Å². The zero-order valence-electron chi connectivity index (χ0n) is 8.77. The first-order valence-electron chi connectivity index (χ1n) is 5.19. The molecule has 1 aromatic rings. The van der Waals surface area contributed by atoms with Gasteiger partial charge >= 0.3 is 0 Å². The molecule has 0 unspecified atom stereocenters. The second-order valence-corrected chi connectivity index (χ2v) is 3.98. The molecule has 74 valence electrons. The summed E-state index contributed by atoms with van der Waals surface area (Å²) in [5.74, 6) is 0.553. The van der Waals surface area contributed by atoms with E-state index in [0.717, 1.165) is 12.8 Å². The molecule has 0 bridgehead atoms. The Labute approximate surface area is 84.9 Å². The van der Waals surface area contributed by atoms with Gasteiger partial charge in [-0.3, -0.25) is 0 Å². The Morgan fingerprint density at radius 3 is 2.79 bits per heavy atom. The van der Waals surface area contributed by atoms with Crippen molar-refractivity contribution in [1.29, 1.82) is 0 Å². The van der Waals surface area contributed by atoms with Crippen LogP contribution in [0.3, 0.4) is 0 Å². The van der Waals surface area contributed by atoms with Crippen molar-refractivity contribution in [3.63, 3.8) is 0 Å². The van der Waals surface area contributed by atoms with E-state index >= 15 is 0 Å². The molecule has 14 heavy (non-hydrogen) atoms. The lowest BCUT2D eigenvalue weighted by Crippen LogP contribution is -1.97. The number of nitrogens with zero attached hydrogens (tertiary/aromatic N) is 2. The lowest BCUT2D eigenvalue weighted by atomic mass is 10.1. The Morgan fingerprint density at radius 1 is 1.36 bits per heavy atom. The highest BCUT2D eigenvalue weighted by Gasteiger charge is 2.05. The van der Waals surface area contributed by atoms with E-state index in [0.29, 0.717) is 5.92 Å². The van der Waals surface area contributed by atoms with Crippen LogP contribution in [-0.2, 0) is 0 Å². The highest BCUT2D eigenvalue weighted by Crippen LogP contribution is 2.18. The quantitative estimate of drug-likeness (QED) is 0.697. The summed E-state index contributed by atoms with van der Waals surface area (Å²) < 4.78 is 1.96. The number of aromatic nitrogens is 2. The van der Waals surface area contributed by atoms with Crippen LogP contribution >= 0.6 is 0 Å². The van der Waals surface area contributed by atoms with Crippen molar-refractivity contribution in [1.82, 2.24) is 9.78 Å². The van der Waals surface area contributed by atoms with Gasteiger partial charge in [0.25, 0.3) is 0 Å². The molecule has 0 amide bonds. The largest absolute Gasteiger partial charge is 0.241 e. The van der Waals surface area contributed by atoms with Crippen LogP contribution in [0.5, 0.6) is 0 Å². The minimum Gasteiger partial charge on any atom is -0.241 e. The van der Waals surface area contributed by atoms with E-state index in [1.54, 1.807) is 0 Å². The fourth-order valence-corrected chi connectivity index (χ4v) is 1.55. The highest BCUT2D eigenvalue weighted by atomic mass is 15.3. The summed E-state index contributed by atoms with van der Waals surface area (Å²) in [5.41, 5.74) is 2.49. The smallest absolute Gasteiger partial charge is 0.0602 e. The molecule has 2 heteroatoms. The van der Waals surface area contributed by atoms with Crippen molar-refractivity contribution in [3.8, 4) is 0 Å². The van der Waals surface area contributed by atoms with Crippen LogP contribution in [0.2, 0.25) is 0 Å². The van der Waals surface area contributed by atoms with Crippen LogP contribution < -0.4 is 0 Å². The van der Waals surface area contributed by atoms with Gasteiger partial charge in [-0.15, -0.1) is 0 Å². The van der Waals surface area contributed by atoms with Gasteiger partial charge in [-0.05, 0) is 30.4 Å². The van der Waals surface area contributed by atoms with Crippen LogP contribution in [0, 0.1) is 0 Å². The molecule has 0 N–H and O–H groups in total. The molecule has 0 radical (unpaired) electrons. The minimum atomic E-state index is 0.553. The third kappa shape index (κ3) is 1.79. The predicted molar refractivity (Wildman–Crippen MR) is 59.0 cm³/mol. The van der Waals surface area contributed by atoms with Crippen LogP contribution in [-0.4, -0.2) is 9.78 Å². The van der Waals surface area contributed by atoms with Crippen LogP contribution in [0.1, 0.15) is 38.2 Å². The zero-order chi connectivity index (χ0) is 9.97. The fraction of sp³-hybridized carbons (Fsp3) is 0.417. The van der Waals surface area contributed by atoms with Crippen molar-refractivity contribution in [3.05, 3.63) is 36.2 Å². The zero-order valence-corrected chi connectivity index (χ0v) is 8.77. The SMILES string of the molecule is CC(C)c1cnn(C2=CCCC=C2)c1. The average Bonchev–Trinajstić information content (AvgIpc) is 2.68. The van der Waals surface area contributed by atoms with Crippen molar-refractivity contribution in [2.75, 3.05) is 0 Å². The molecular formula is C12H16N2. The molecule has 0 saturated carbocycles. The van der Waals surface area contributed by atoms with Crippen molar-refractivity contribution in [2.24, 2.45) is 0 Å². The molecular weight excluding hydrogens is 172 g/mol. The van der Waals surface area contributed by atoms with Gasteiger partial charge in [-0.25, -0.2) is 4.68 Å². The third-order valence-electron chi connectivity index (χ3n) is 2.51. The molecule has 2 nitrogen and oxygen atoms in total. The first-order valence-corrected chi connectivity index (χ1v) is 5.19. The first-order chi connectivity index (χ1) is 6.77. The summed E-state index contributed by atoms with van der Waals surface area (Å²) in [7, 11) is 0. The molecule has 0 fully saturated rings. The average molecular weight is 188 g/mol. The van der Waals surface area contributed by atoms with Crippen molar-refractivity contribution in [2.45, 2.75) is 32.6 Å². The van der Waals surface area contributed by atoms with Gasteiger partial charge in [0.2, 0.25) is 0 Å². The standard InChI is InChI=1S/C12H16N2/c1-10(2)11-8-13-14(9-11)12-6-4-3-5-7-12/h4,6-10H,3,5H2,1-2H3. The Kier molecular flexibility index (Phi) is 2.53. The maximum absolute atomic E-state index is 4.36. The lowest BCUT2D eigenvalue weighted by Gasteiger charge is -2.06. The Balaban J connectivity index is 2.24. The number of allylic oxidation sites excluding steroid dienone is 4. The van der Waals surface area contributed by atoms with E-state index in [1.165, 1.54) is 11.3 Å². The van der Waals surface area contributed by atoms with Crippen molar-refractivity contribution < 1.29 is 0 Å². The van der Waals surface area contributed by atoms with E-state index in [1.807, 2.05) is 10.9 Å². The van der Waals surface area contributed by atoms with Crippen LogP contribution in [0.4, 0.5) is 0 Å². The Hall–Kier alpha value is -1.31. The van der Waals surface area contributed by atoms with Gasteiger partial charge in [0, 0.05) is 6.20 Å². The maximum atomic E-state index is 4.36. The molecule has 1 heterocycles. The Bertz CT molecular complexity index is 369. The summed E-state index contributed by atoms with van der Waals surface area (Å²) in [4.78, 5) is 0. The summed E-state index contributed by atoms with van der Waals surface area (Å²) in [6, 6.07) is 0. The summed E-state index contributed by atoms with van der Waals surface area (Å²) in [6.07, 6.45) is 12.9. The minimum absolute atomic E-state index is 0.553. The van der Waals surface area contributed by atoms with Crippen LogP contribution in [0.15, 0.2) is 30.6 Å². The van der Waals surface area contributed by atoms with Gasteiger partial charge in [0.05, 0.1) is 11.9 Å². The molecule has 0 aromatic carbocycles. The van der Waals surface area contributed by atoms with E-state index < -0.39 is 0 Å². The Morgan fingerprint density at radius 2 is 2.21 bits per heavy atom. The van der Waals surface area contributed by atoms with Gasteiger partial charge in [-0.1, -0.05) is 26.0 Å². The second-order valence-electron chi connectivity index (χ2n) is 3.98. The maximum Gasteiger partial charge on any atom is 0.0602 e. The normalized spacial score (nSPS) is 16.1. The lowest BCUT2D eigenvalue weighted by molar-refractivity contribution is 0.861. The van der Waals surface area contributed by atoms with Crippen LogP contribution in [0.25, 0.3) is 5.70 Å². The molecule has 0 atom stereocenters. The van der Waals surface area contributed by atoms with E-state index in [-0.39, 0.29) is 0 Å². The summed E-state index contributed by atoms with van der Waals surface area (Å²) in [5, 5.41) is 4.36. The summed E-state index contributed by atoms with van der Waals surface area (Å²) >= 11 is 0. The molecule has 0 aliphatic heterocycles. The monoisotopic (exact) mass is 188 g/mol. The van der Waals surface area contributed by atoms with Gasteiger partial charge in [0.15, 0.2) is 0 Å². The summed E-state index contributed by atoms with van der Waals surface area (Å²) in [6.45, 7) is 4.37. The molecule has 1 aliphatic rings. The first kappa shape index (κ1) is 9.25. The molecule has 2 rings (SSSR count). The van der Waals surface area contributed by atoms with E-state index in [2.05, 4.69) is 43.4 Å². The number of hydrogen-bond donors (Lipinski definition) is 0. The molecule has 0 saturated heterocycles. The fourth-order valence-electron chi connectivity index (χ4n) is 1.55. The van der Waals surface area contributed by atoms with Gasteiger partial charge < -0.3 is 0 Å². The van der Waals surface area contributed by atoms with E-state index in [9.17, 15) is 0 Å². The topological polar surface area (TPSA) is 17.8 Å². The van der Waals surface area contributed by atoms with Gasteiger partial charge in [0.1, 0.15) is 0 Å². The number of rotatable bonds is 2. The van der Waals surface area contributed by atoms with Crippen molar-refractivity contribution >= 4 is 5.70 Å². The number of hydrogen-bond acceptors (Lipinski definition) is 1. The molecule has 1 aliphatic carbocycles. The van der Waals surface area contributed by atoms with Gasteiger partial charge in [-0.2, -0.15) is 5.10 Å². The highest BCUT2D eigenvalue weighted by molar-refractivity contribution is 5.57. The molecule has 0 spiro atoms. The predicted octanol–water partition coefficient (Wildman–Crippen LogP) is 3.20. The third-order valence-corrected chi connectivity index (χ3v) is 2.51. The second kappa shape index (κ2) is 3.82.